The van der Waals surface area contributed by atoms with Gasteiger partial charge in [0.05, 0.1) is 11.4 Å². The van der Waals surface area contributed by atoms with Crippen molar-refractivity contribution in [3.05, 3.63) is 16.1 Å². The highest BCUT2D eigenvalue weighted by Crippen LogP contribution is 2.35. The van der Waals surface area contributed by atoms with Crippen LogP contribution in [0.15, 0.2) is 6.20 Å². The fourth-order valence-corrected chi connectivity index (χ4v) is 3.53. The minimum atomic E-state index is -2.39. The second-order valence-corrected chi connectivity index (χ2v) is 6.48. The second kappa shape index (κ2) is 4.83. The molecule has 1 N–H and O–H groups in total. The number of alkyl halides is 2. The molecule has 18 heavy (non-hydrogen) atoms. The van der Waals surface area contributed by atoms with Gasteiger partial charge in [0.1, 0.15) is 5.01 Å². The predicted molar refractivity (Wildman–Crippen MR) is 66.9 cm³/mol. The fourth-order valence-electron chi connectivity index (χ4n) is 2.71. The third kappa shape index (κ3) is 2.41. The number of likely N-dealkylation sites (tertiary alicyclic amines) is 1. The lowest BCUT2D eigenvalue weighted by atomic mass is 9.73. The van der Waals surface area contributed by atoms with Crippen LogP contribution in [-0.4, -0.2) is 36.1 Å². The molecule has 3 heterocycles. The number of hydrogen-bond donors (Lipinski definition) is 1. The van der Waals surface area contributed by atoms with E-state index in [1.165, 1.54) is 19.0 Å². The highest BCUT2D eigenvalue weighted by Gasteiger charge is 2.39. The van der Waals surface area contributed by atoms with E-state index in [1.807, 2.05) is 0 Å². The Balaban J connectivity index is 1.54. The maximum atomic E-state index is 12.5. The summed E-state index contributed by atoms with van der Waals surface area (Å²) in [6.45, 7) is 5.14. The van der Waals surface area contributed by atoms with Crippen molar-refractivity contribution in [1.29, 1.82) is 0 Å². The lowest BCUT2D eigenvalue weighted by Gasteiger charge is -2.48. The van der Waals surface area contributed by atoms with Gasteiger partial charge in [0.2, 0.25) is 0 Å². The van der Waals surface area contributed by atoms with Crippen LogP contribution in [0.2, 0.25) is 0 Å². The summed E-state index contributed by atoms with van der Waals surface area (Å²) in [7, 11) is 0. The molecule has 2 fully saturated rings. The molecule has 2 aliphatic rings. The molecule has 0 atom stereocenters. The first-order chi connectivity index (χ1) is 8.67. The van der Waals surface area contributed by atoms with Crippen LogP contribution in [0.1, 0.15) is 29.2 Å². The summed E-state index contributed by atoms with van der Waals surface area (Å²) in [6.07, 6.45) is 1.36. The Kier molecular flexibility index (Phi) is 3.34. The normalized spacial score (nSPS) is 23.5. The van der Waals surface area contributed by atoms with Crippen LogP contribution in [0.25, 0.3) is 0 Å². The van der Waals surface area contributed by atoms with Gasteiger partial charge in [-0.3, -0.25) is 4.90 Å². The average molecular weight is 273 g/mol. The van der Waals surface area contributed by atoms with Gasteiger partial charge in [-0.15, -0.1) is 11.3 Å². The van der Waals surface area contributed by atoms with E-state index in [0.717, 1.165) is 49.1 Å². The van der Waals surface area contributed by atoms with E-state index in [1.54, 1.807) is 0 Å². The summed E-state index contributed by atoms with van der Waals surface area (Å²) in [5, 5.41) is 4.15. The van der Waals surface area contributed by atoms with Crippen molar-refractivity contribution in [2.45, 2.75) is 25.8 Å². The summed E-state index contributed by atoms with van der Waals surface area (Å²) >= 11 is 1.14. The largest absolute Gasteiger partial charge is 0.316 e. The molecule has 1 spiro atoms. The van der Waals surface area contributed by atoms with Gasteiger partial charge in [-0.05, 0) is 31.3 Å². The molecule has 3 rings (SSSR count). The SMILES string of the molecule is FC(F)c1cnc(CN2CCC3(CC2)CNC3)s1. The highest BCUT2D eigenvalue weighted by molar-refractivity contribution is 7.11. The Morgan fingerprint density at radius 1 is 1.39 bits per heavy atom. The third-order valence-electron chi connectivity index (χ3n) is 4.06. The zero-order valence-electron chi connectivity index (χ0n) is 10.2. The van der Waals surface area contributed by atoms with Crippen LogP contribution >= 0.6 is 11.3 Å². The van der Waals surface area contributed by atoms with E-state index in [0.29, 0.717) is 5.41 Å². The zero-order chi connectivity index (χ0) is 12.6. The monoisotopic (exact) mass is 273 g/mol. The van der Waals surface area contributed by atoms with Gasteiger partial charge < -0.3 is 5.32 Å². The third-order valence-corrected chi connectivity index (χ3v) is 5.05. The van der Waals surface area contributed by atoms with E-state index in [9.17, 15) is 8.78 Å². The van der Waals surface area contributed by atoms with Crippen molar-refractivity contribution in [2.75, 3.05) is 26.2 Å². The first-order valence-electron chi connectivity index (χ1n) is 6.33. The van der Waals surface area contributed by atoms with Gasteiger partial charge in [-0.2, -0.15) is 0 Å². The standard InChI is InChI=1S/C12H17F2N3S/c13-11(14)9-5-16-10(18-9)6-17-3-1-12(2-4-17)7-15-8-12/h5,11,15H,1-4,6-8H2. The first-order valence-corrected chi connectivity index (χ1v) is 7.14. The molecular formula is C12H17F2N3S. The summed E-state index contributed by atoms with van der Waals surface area (Å²) in [5.74, 6) is 0. The van der Waals surface area contributed by atoms with Crippen LogP contribution in [0.4, 0.5) is 8.78 Å². The average Bonchev–Trinajstić information content (AvgIpc) is 2.77. The van der Waals surface area contributed by atoms with Gasteiger partial charge in [0.25, 0.3) is 6.43 Å². The van der Waals surface area contributed by atoms with Gasteiger partial charge in [-0.25, -0.2) is 13.8 Å². The van der Waals surface area contributed by atoms with E-state index in [4.69, 9.17) is 0 Å². The van der Waals surface area contributed by atoms with Crippen LogP contribution in [-0.2, 0) is 6.54 Å². The Morgan fingerprint density at radius 2 is 2.11 bits per heavy atom. The van der Waals surface area contributed by atoms with Crippen LogP contribution < -0.4 is 5.32 Å². The lowest BCUT2D eigenvalue weighted by Crippen LogP contribution is -2.58. The summed E-state index contributed by atoms with van der Waals surface area (Å²) in [4.78, 5) is 6.50. The molecule has 0 saturated carbocycles. The number of thiazole rings is 1. The van der Waals surface area contributed by atoms with Crippen molar-refractivity contribution < 1.29 is 8.78 Å². The number of piperidine rings is 1. The maximum Gasteiger partial charge on any atom is 0.274 e. The number of hydrogen-bond acceptors (Lipinski definition) is 4. The number of rotatable bonds is 3. The van der Waals surface area contributed by atoms with Gasteiger partial charge in [0, 0.05) is 19.3 Å². The molecule has 3 nitrogen and oxygen atoms in total. The van der Waals surface area contributed by atoms with Gasteiger partial charge in [0.15, 0.2) is 0 Å². The molecule has 0 radical (unpaired) electrons. The van der Waals surface area contributed by atoms with Crippen molar-refractivity contribution in [3.63, 3.8) is 0 Å². The molecule has 2 saturated heterocycles. The van der Waals surface area contributed by atoms with Gasteiger partial charge >= 0.3 is 0 Å². The minimum Gasteiger partial charge on any atom is -0.316 e. The quantitative estimate of drug-likeness (QED) is 0.915. The topological polar surface area (TPSA) is 28.2 Å². The molecule has 0 amide bonds. The summed E-state index contributed by atoms with van der Waals surface area (Å²) in [6, 6.07) is 0. The molecule has 1 aromatic rings. The number of halogens is 2. The van der Waals surface area contributed by atoms with Gasteiger partial charge in [-0.1, -0.05) is 0 Å². The molecule has 0 aromatic carbocycles. The van der Waals surface area contributed by atoms with Crippen molar-refractivity contribution >= 4 is 11.3 Å². The minimum absolute atomic E-state index is 0.0849. The van der Waals surface area contributed by atoms with Crippen LogP contribution in [0, 0.1) is 5.41 Å². The Labute approximate surface area is 109 Å². The molecule has 0 bridgehead atoms. The molecule has 0 unspecified atom stereocenters. The van der Waals surface area contributed by atoms with E-state index >= 15 is 0 Å². The number of nitrogens with zero attached hydrogens (tertiary/aromatic N) is 2. The Bertz CT molecular complexity index is 407. The zero-order valence-corrected chi connectivity index (χ0v) is 11.0. The Morgan fingerprint density at radius 3 is 2.61 bits per heavy atom. The molecule has 6 heteroatoms. The second-order valence-electron chi connectivity index (χ2n) is 5.34. The molecule has 0 aliphatic carbocycles. The van der Waals surface area contributed by atoms with Crippen LogP contribution in [0.5, 0.6) is 0 Å². The highest BCUT2D eigenvalue weighted by atomic mass is 32.1. The first kappa shape index (κ1) is 12.4. The smallest absolute Gasteiger partial charge is 0.274 e. The van der Waals surface area contributed by atoms with E-state index in [2.05, 4.69) is 15.2 Å². The van der Waals surface area contributed by atoms with Crippen molar-refractivity contribution in [3.8, 4) is 0 Å². The fraction of sp³-hybridized carbons (Fsp3) is 0.750. The molecule has 1 aromatic heterocycles. The molecule has 2 aliphatic heterocycles. The number of nitrogens with one attached hydrogen (secondary N) is 1. The van der Waals surface area contributed by atoms with Crippen molar-refractivity contribution in [2.24, 2.45) is 5.41 Å². The van der Waals surface area contributed by atoms with Crippen molar-refractivity contribution in [1.82, 2.24) is 15.2 Å². The predicted octanol–water partition coefficient (Wildman–Crippen LogP) is 2.27. The number of aromatic nitrogens is 1. The van der Waals surface area contributed by atoms with Crippen LogP contribution in [0.3, 0.4) is 0 Å². The summed E-state index contributed by atoms with van der Waals surface area (Å²) < 4.78 is 24.9. The molecular weight excluding hydrogens is 256 g/mol. The Hall–Kier alpha value is -0.590. The maximum absolute atomic E-state index is 12.5. The van der Waals surface area contributed by atoms with E-state index < -0.39 is 6.43 Å². The molecule has 100 valence electrons. The lowest BCUT2D eigenvalue weighted by molar-refractivity contribution is 0.0520. The summed E-state index contributed by atoms with van der Waals surface area (Å²) in [5.41, 5.74) is 0.535. The van der Waals surface area contributed by atoms with E-state index in [-0.39, 0.29) is 4.88 Å².